The largest absolute Gasteiger partial charge is 0.370 e. The van der Waals surface area contributed by atoms with Crippen LogP contribution < -0.4 is 0 Å². The summed E-state index contributed by atoms with van der Waals surface area (Å²) in [4.78, 5) is 25.2. The van der Waals surface area contributed by atoms with Crippen LogP contribution in [0.1, 0.15) is 27.7 Å². The molecule has 0 aromatic carbocycles. The van der Waals surface area contributed by atoms with E-state index in [0.717, 1.165) is 6.41 Å². The van der Waals surface area contributed by atoms with Gasteiger partial charge in [-0.15, -0.1) is 0 Å². The van der Waals surface area contributed by atoms with Gasteiger partial charge in [0.15, 0.2) is 6.41 Å². The second kappa shape index (κ2) is 6.26. The van der Waals surface area contributed by atoms with E-state index in [0.29, 0.717) is 7.55 Å². The van der Waals surface area contributed by atoms with Crippen LogP contribution in [0, 0.1) is 0 Å². The van der Waals surface area contributed by atoms with Gasteiger partial charge in [0.1, 0.15) is 0 Å². The van der Waals surface area contributed by atoms with Crippen molar-refractivity contribution in [2.24, 2.45) is 0 Å². The van der Waals surface area contributed by atoms with E-state index >= 15 is 0 Å². The number of halogens is 1. The summed E-state index contributed by atoms with van der Waals surface area (Å²) in [6.07, 6.45) is 0.777. The second-order valence-electron chi connectivity index (χ2n) is 3.67. The fourth-order valence-electron chi connectivity index (χ4n) is 0.916. The van der Waals surface area contributed by atoms with Gasteiger partial charge in [-0.3, -0.25) is 9.59 Å². The fraction of sp³-hybridized carbons (Fsp3) is 0.750. The number of rotatable bonds is 5. The van der Waals surface area contributed by atoms with Crippen LogP contribution in [-0.2, 0) is 4.79 Å². The molecule has 0 aliphatic carbocycles. The van der Waals surface area contributed by atoms with Crippen molar-refractivity contribution in [1.29, 1.82) is 0 Å². The maximum absolute atomic E-state index is 11.2. The summed E-state index contributed by atoms with van der Waals surface area (Å²) in [5.41, 5.74) is 0. The van der Waals surface area contributed by atoms with Crippen molar-refractivity contribution in [2.45, 2.75) is 39.8 Å². The first-order valence-electron chi connectivity index (χ1n) is 4.57. The molecule has 2 amide bonds. The van der Waals surface area contributed by atoms with Gasteiger partial charge in [-0.2, -0.15) is 0 Å². The summed E-state index contributed by atoms with van der Waals surface area (Å²) < 4.78 is -0.0369. The Bertz CT molecular complexity index is 212. The van der Waals surface area contributed by atoms with E-state index in [2.05, 4.69) is 0 Å². The van der Waals surface area contributed by atoms with E-state index in [1.807, 2.05) is 27.7 Å². The zero-order valence-corrected chi connectivity index (χ0v) is 11.2. The highest BCUT2D eigenvalue weighted by Crippen LogP contribution is 2.06. The monoisotopic (exact) mass is 310 g/mol. The first-order valence-corrected chi connectivity index (χ1v) is 5.65. The maximum Gasteiger partial charge on any atom is 0.361 e. The smallest absolute Gasteiger partial charge is 0.361 e. The van der Waals surface area contributed by atoms with Crippen LogP contribution in [0.15, 0.2) is 0 Å². The Labute approximate surface area is 99.4 Å². The van der Waals surface area contributed by atoms with Crippen LogP contribution in [-0.4, -0.2) is 39.6 Å². The average molecular weight is 310 g/mol. The van der Waals surface area contributed by atoms with Gasteiger partial charge in [0.2, 0.25) is 0 Å². The standard InChI is InChI=1S/C8H16BIN2O2/c1-6(2)11(5-13)9-12(7(3)4)8(10)14/h5-7,9H,1-4H3. The lowest BCUT2D eigenvalue weighted by Gasteiger charge is -2.30. The summed E-state index contributed by atoms with van der Waals surface area (Å²) in [7, 11) is 0.362. The number of hydrogen-bond donors (Lipinski definition) is 0. The summed E-state index contributed by atoms with van der Waals surface area (Å²) in [5.74, 6) is 0. The van der Waals surface area contributed by atoms with Gasteiger partial charge in [0.25, 0.3) is 3.91 Å². The highest BCUT2D eigenvalue weighted by molar-refractivity contribution is 14.1. The Kier molecular flexibility index (Phi) is 6.14. The number of carbonyl (C=O) groups excluding carboxylic acids is 2. The SMILES string of the molecule is CC(C)N(BN(C(=O)I)C(C)C)C=O. The molecule has 0 aliphatic rings. The van der Waals surface area contributed by atoms with Crippen LogP contribution in [0.5, 0.6) is 0 Å². The quantitative estimate of drug-likeness (QED) is 0.253. The molecule has 0 aromatic rings. The molecule has 6 heteroatoms. The first-order chi connectivity index (χ1) is 6.40. The van der Waals surface area contributed by atoms with Gasteiger partial charge in [-0.25, -0.2) is 0 Å². The first kappa shape index (κ1) is 13.7. The lowest BCUT2D eigenvalue weighted by Crippen LogP contribution is -2.48. The molecule has 0 heterocycles. The molecule has 4 nitrogen and oxygen atoms in total. The van der Waals surface area contributed by atoms with E-state index < -0.39 is 0 Å². The predicted octanol–water partition coefficient (Wildman–Crippen LogP) is 1.39. The molecule has 80 valence electrons. The number of hydrogen-bond acceptors (Lipinski definition) is 2. The molecule has 0 saturated heterocycles. The Morgan fingerprint density at radius 1 is 1.29 bits per heavy atom. The van der Waals surface area contributed by atoms with Crippen molar-refractivity contribution in [2.75, 3.05) is 0 Å². The van der Waals surface area contributed by atoms with Crippen molar-refractivity contribution in [1.82, 2.24) is 9.62 Å². The zero-order valence-electron chi connectivity index (χ0n) is 9.03. The molecule has 0 saturated carbocycles. The predicted molar refractivity (Wildman–Crippen MR) is 66.6 cm³/mol. The van der Waals surface area contributed by atoms with Gasteiger partial charge >= 0.3 is 7.55 Å². The molecule has 0 rings (SSSR count). The molecular formula is C8H16BIN2O2. The average Bonchev–Trinajstić information content (AvgIpc) is 2.03. The lowest BCUT2D eigenvalue weighted by molar-refractivity contribution is -0.115. The Morgan fingerprint density at radius 3 is 2.00 bits per heavy atom. The minimum Gasteiger partial charge on any atom is -0.370 e. The van der Waals surface area contributed by atoms with Gasteiger partial charge in [-0.1, -0.05) is 0 Å². The van der Waals surface area contributed by atoms with E-state index in [-0.39, 0.29) is 16.0 Å². The third-order valence-corrected chi connectivity index (χ3v) is 2.58. The minimum atomic E-state index is -0.0369. The topological polar surface area (TPSA) is 40.6 Å². The van der Waals surface area contributed by atoms with E-state index in [1.165, 1.54) is 0 Å². The van der Waals surface area contributed by atoms with Crippen LogP contribution in [0.25, 0.3) is 0 Å². The second-order valence-corrected chi connectivity index (χ2v) is 4.59. The molecule has 0 spiro atoms. The molecular weight excluding hydrogens is 294 g/mol. The van der Waals surface area contributed by atoms with Gasteiger partial charge in [-0.05, 0) is 27.7 Å². The molecule has 0 aliphatic heterocycles. The zero-order chi connectivity index (χ0) is 11.3. The van der Waals surface area contributed by atoms with Crippen molar-refractivity contribution < 1.29 is 9.59 Å². The molecule has 0 aromatic heterocycles. The Hall–Kier alpha value is -0.265. The summed E-state index contributed by atoms with van der Waals surface area (Å²) >= 11 is 1.74. The molecule has 0 fully saturated rings. The third-order valence-electron chi connectivity index (χ3n) is 1.96. The normalized spacial score (nSPS) is 10.2. The summed E-state index contributed by atoms with van der Waals surface area (Å²) in [5, 5.41) is 0. The van der Waals surface area contributed by atoms with Crippen molar-refractivity contribution in [3.63, 3.8) is 0 Å². The van der Waals surface area contributed by atoms with Crippen molar-refractivity contribution in [3.05, 3.63) is 0 Å². The van der Waals surface area contributed by atoms with E-state index in [1.54, 1.807) is 32.2 Å². The number of amides is 2. The number of nitrogens with zero attached hydrogens (tertiary/aromatic N) is 2. The highest BCUT2D eigenvalue weighted by Gasteiger charge is 2.20. The fourth-order valence-corrected chi connectivity index (χ4v) is 1.63. The number of carbonyl (C=O) groups is 2. The van der Waals surface area contributed by atoms with Crippen LogP contribution in [0.4, 0.5) is 4.79 Å². The summed E-state index contributed by atoms with van der Waals surface area (Å²) in [6.45, 7) is 7.70. The van der Waals surface area contributed by atoms with Gasteiger partial charge in [0.05, 0.1) is 0 Å². The van der Waals surface area contributed by atoms with Crippen LogP contribution in [0.2, 0.25) is 0 Å². The van der Waals surface area contributed by atoms with E-state index in [4.69, 9.17) is 0 Å². The van der Waals surface area contributed by atoms with Gasteiger partial charge in [0, 0.05) is 34.7 Å². The van der Waals surface area contributed by atoms with E-state index in [9.17, 15) is 9.59 Å². The molecule has 0 atom stereocenters. The van der Waals surface area contributed by atoms with Crippen molar-refractivity contribution in [3.8, 4) is 0 Å². The Morgan fingerprint density at radius 2 is 1.79 bits per heavy atom. The van der Waals surface area contributed by atoms with Crippen LogP contribution in [0.3, 0.4) is 0 Å². The Balaban J connectivity index is 4.41. The third kappa shape index (κ3) is 4.30. The maximum atomic E-state index is 11.2. The highest BCUT2D eigenvalue weighted by atomic mass is 127. The lowest BCUT2D eigenvalue weighted by atomic mass is 10.0. The molecule has 0 N–H and O–H groups in total. The molecule has 14 heavy (non-hydrogen) atoms. The van der Waals surface area contributed by atoms with Crippen LogP contribution >= 0.6 is 22.6 Å². The van der Waals surface area contributed by atoms with Crippen molar-refractivity contribution >= 4 is 40.5 Å². The van der Waals surface area contributed by atoms with Gasteiger partial charge < -0.3 is 9.62 Å². The minimum absolute atomic E-state index is 0.0369. The molecule has 0 unspecified atom stereocenters. The summed E-state index contributed by atoms with van der Waals surface area (Å²) in [6, 6.07) is 0.227. The molecule has 0 radical (unpaired) electrons. The molecule has 0 bridgehead atoms.